The minimum atomic E-state index is 0.0477. The third kappa shape index (κ3) is 6.52. The summed E-state index contributed by atoms with van der Waals surface area (Å²) < 4.78 is 0. The molecule has 0 aliphatic heterocycles. The van der Waals surface area contributed by atoms with Gasteiger partial charge in [-0.05, 0) is 32.7 Å². The van der Waals surface area contributed by atoms with E-state index in [-0.39, 0.29) is 11.8 Å². The number of allylic oxidation sites excluding steroid dienone is 2. The predicted molar refractivity (Wildman–Crippen MR) is 56.8 cm³/mol. The maximum absolute atomic E-state index is 11.1. The lowest BCUT2D eigenvalue weighted by Crippen LogP contribution is -2.34. The Bertz CT molecular complexity index is 163. The highest BCUT2D eigenvalue weighted by molar-refractivity contribution is 5.81. The highest BCUT2D eigenvalue weighted by atomic mass is 16.1. The van der Waals surface area contributed by atoms with Crippen LogP contribution in [0.1, 0.15) is 40.0 Å². The summed E-state index contributed by atoms with van der Waals surface area (Å²) in [7, 11) is 0. The molecule has 1 atom stereocenters. The molecule has 76 valence electrons. The molecule has 0 bridgehead atoms. The van der Waals surface area contributed by atoms with E-state index in [9.17, 15) is 4.79 Å². The third-order valence-corrected chi connectivity index (χ3v) is 1.97. The molecule has 13 heavy (non-hydrogen) atoms. The van der Waals surface area contributed by atoms with Crippen molar-refractivity contribution in [1.82, 2.24) is 5.32 Å². The Morgan fingerprint density at radius 1 is 1.38 bits per heavy atom. The number of likely N-dealkylation sites (N-methyl/N-ethyl adjacent to an activating group) is 1. The summed E-state index contributed by atoms with van der Waals surface area (Å²) >= 11 is 0. The van der Waals surface area contributed by atoms with E-state index in [1.807, 2.05) is 6.92 Å². The van der Waals surface area contributed by atoms with Gasteiger partial charge in [0.25, 0.3) is 0 Å². The van der Waals surface area contributed by atoms with Gasteiger partial charge in [0.15, 0.2) is 0 Å². The molecule has 0 aliphatic rings. The summed E-state index contributed by atoms with van der Waals surface area (Å²) in [6.45, 7) is 6.65. The Balaban J connectivity index is 3.69. The molecule has 0 aliphatic carbocycles. The second-order valence-corrected chi connectivity index (χ2v) is 3.18. The van der Waals surface area contributed by atoms with Crippen molar-refractivity contribution in [3.05, 3.63) is 12.2 Å². The SMILES string of the molecule is CC/C=C/CC[C@H](NCC)C(C)=O. The van der Waals surface area contributed by atoms with Crippen LogP contribution >= 0.6 is 0 Å². The summed E-state index contributed by atoms with van der Waals surface area (Å²) in [5.41, 5.74) is 0. The Morgan fingerprint density at radius 3 is 2.54 bits per heavy atom. The van der Waals surface area contributed by atoms with Gasteiger partial charge < -0.3 is 5.32 Å². The number of Topliss-reactive ketones (excluding diaryl/α,β-unsaturated/α-hetero) is 1. The lowest BCUT2D eigenvalue weighted by atomic mass is 10.1. The average Bonchev–Trinajstić information content (AvgIpc) is 2.10. The molecule has 0 spiro atoms. The number of carbonyl (C=O) groups excluding carboxylic acids is 1. The summed E-state index contributed by atoms with van der Waals surface area (Å²) in [4.78, 5) is 11.1. The van der Waals surface area contributed by atoms with Crippen LogP contribution in [-0.4, -0.2) is 18.4 Å². The molecule has 0 radical (unpaired) electrons. The Kier molecular flexibility index (Phi) is 7.60. The van der Waals surface area contributed by atoms with E-state index in [0.717, 1.165) is 25.8 Å². The molecule has 2 nitrogen and oxygen atoms in total. The van der Waals surface area contributed by atoms with Crippen molar-refractivity contribution in [2.24, 2.45) is 0 Å². The molecule has 0 aromatic rings. The molecule has 0 rings (SSSR count). The lowest BCUT2D eigenvalue weighted by molar-refractivity contribution is -0.119. The van der Waals surface area contributed by atoms with Gasteiger partial charge >= 0.3 is 0 Å². The molecule has 0 saturated carbocycles. The van der Waals surface area contributed by atoms with Crippen molar-refractivity contribution < 1.29 is 4.79 Å². The second-order valence-electron chi connectivity index (χ2n) is 3.18. The van der Waals surface area contributed by atoms with Crippen molar-refractivity contribution in [3.8, 4) is 0 Å². The van der Waals surface area contributed by atoms with Crippen LogP contribution in [0.15, 0.2) is 12.2 Å². The van der Waals surface area contributed by atoms with E-state index >= 15 is 0 Å². The highest BCUT2D eigenvalue weighted by Crippen LogP contribution is 2.00. The predicted octanol–water partition coefficient (Wildman–Crippen LogP) is 2.30. The average molecular weight is 183 g/mol. The summed E-state index contributed by atoms with van der Waals surface area (Å²) in [6, 6.07) is 0.0477. The van der Waals surface area contributed by atoms with Gasteiger partial charge in [-0.2, -0.15) is 0 Å². The van der Waals surface area contributed by atoms with E-state index in [1.165, 1.54) is 0 Å². The lowest BCUT2D eigenvalue weighted by Gasteiger charge is -2.12. The maximum Gasteiger partial charge on any atom is 0.146 e. The molecular formula is C11H21NO. The summed E-state index contributed by atoms with van der Waals surface area (Å²) in [5.74, 6) is 0.242. The number of nitrogens with one attached hydrogen (secondary N) is 1. The standard InChI is InChI=1S/C11H21NO/c1-4-6-7-8-9-11(10(3)13)12-5-2/h6-7,11-12H,4-5,8-9H2,1-3H3/b7-6+/t11-/m0/s1. The van der Waals surface area contributed by atoms with Crippen LogP contribution in [0, 0.1) is 0 Å². The van der Waals surface area contributed by atoms with Crippen LogP contribution in [0.4, 0.5) is 0 Å². The number of rotatable bonds is 7. The van der Waals surface area contributed by atoms with Gasteiger partial charge in [0, 0.05) is 0 Å². The molecule has 0 aromatic carbocycles. The maximum atomic E-state index is 11.1. The summed E-state index contributed by atoms with van der Waals surface area (Å²) in [6.07, 6.45) is 7.27. The van der Waals surface area contributed by atoms with E-state index < -0.39 is 0 Å². The fourth-order valence-corrected chi connectivity index (χ4v) is 1.24. The van der Waals surface area contributed by atoms with Crippen molar-refractivity contribution >= 4 is 5.78 Å². The number of ketones is 1. The van der Waals surface area contributed by atoms with Gasteiger partial charge in [-0.3, -0.25) is 4.79 Å². The first-order valence-corrected chi connectivity index (χ1v) is 5.11. The zero-order valence-electron chi connectivity index (χ0n) is 8.97. The largest absolute Gasteiger partial charge is 0.308 e. The fraction of sp³-hybridized carbons (Fsp3) is 0.727. The minimum Gasteiger partial charge on any atom is -0.308 e. The van der Waals surface area contributed by atoms with Crippen molar-refractivity contribution in [2.75, 3.05) is 6.54 Å². The smallest absolute Gasteiger partial charge is 0.146 e. The van der Waals surface area contributed by atoms with Crippen molar-refractivity contribution in [2.45, 2.75) is 46.1 Å². The Labute approximate surface area is 81.4 Å². The molecule has 1 N–H and O–H groups in total. The van der Waals surface area contributed by atoms with E-state index in [2.05, 4.69) is 24.4 Å². The van der Waals surface area contributed by atoms with Gasteiger partial charge in [-0.1, -0.05) is 26.0 Å². The number of hydrogen-bond acceptors (Lipinski definition) is 2. The molecule has 0 amide bonds. The van der Waals surface area contributed by atoms with Crippen LogP contribution in [0.2, 0.25) is 0 Å². The molecule has 0 saturated heterocycles. The molecular weight excluding hydrogens is 162 g/mol. The Morgan fingerprint density at radius 2 is 2.08 bits per heavy atom. The monoisotopic (exact) mass is 183 g/mol. The van der Waals surface area contributed by atoms with E-state index in [4.69, 9.17) is 0 Å². The van der Waals surface area contributed by atoms with Gasteiger partial charge in [0.2, 0.25) is 0 Å². The molecule has 0 aromatic heterocycles. The molecule has 2 heteroatoms. The first kappa shape index (κ1) is 12.4. The molecule has 0 unspecified atom stereocenters. The van der Waals surface area contributed by atoms with Gasteiger partial charge in [-0.25, -0.2) is 0 Å². The fourth-order valence-electron chi connectivity index (χ4n) is 1.24. The first-order valence-electron chi connectivity index (χ1n) is 5.11. The first-order chi connectivity index (χ1) is 6.22. The molecule has 0 heterocycles. The zero-order valence-corrected chi connectivity index (χ0v) is 8.97. The zero-order chi connectivity index (χ0) is 10.1. The van der Waals surface area contributed by atoms with Crippen molar-refractivity contribution in [1.29, 1.82) is 0 Å². The highest BCUT2D eigenvalue weighted by Gasteiger charge is 2.10. The number of hydrogen-bond donors (Lipinski definition) is 1. The normalized spacial score (nSPS) is 13.5. The second kappa shape index (κ2) is 7.99. The van der Waals surface area contributed by atoms with Gasteiger partial charge in [0.05, 0.1) is 6.04 Å². The summed E-state index contributed by atoms with van der Waals surface area (Å²) in [5, 5.41) is 3.18. The Hall–Kier alpha value is -0.630. The number of carbonyl (C=O) groups is 1. The van der Waals surface area contributed by atoms with Crippen LogP contribution in [-0.2, 0) is 4.79 Å². The van der Waals surface area contributed by atoms with Crippen LogP contribution in [0.5, 0.6) is 0 Å². The van der Waals surface area contributed by atoms with Crippen molar-refractivity contribution in [3.63, 3.8) is 0 Å². The minimum absolute atomic E-state index is 0.0477. The van der Waals surface area contributed by atoms with E-state index in [1.54, 1.807) is 6.92 Å². The topological polar surface area (TPSA) is 29.1 Å². The van der Waals surface area contributed by atoms with Crippen LogP contribution < -0.4 is 5.32 Å². The molecule has 0 fully saturated rings. The van der Waals surface area contributed by atoms with Gasteiger partial charge in [0.1, 0.15) is 5.78 Å². The van der Waals surface area contributed by atoms with Gasteiger partial charge in [-0.15, -0.1) is 0 Å². The van der Waals surface area contributed by atoms with Crippen LogP contribution in [0.25, 0.3) is 0 Å². The van der Waals surface area contributed by atoms with E-state index in [0.29, 0.717) is 0 Å². The van der Waals surface area contributed by atoms with Crippen LogP contribution in [0.3, 0.4) is 0 Å². The quantitative estimate of drug-likeness (QED) is 0.614. The third-order valence-electron chi connectivity index (χ3n) is 1.97.